The predicted molar refractivity (Wildman–Crippen MR) is 38.6 cm³/mol. The molecular formula is C5H4Cl3O-. The highest BCUT2D eigenvalue weighted by Gasteiger charge is 2.12. The van der Waals surface area contributed by atoms with Gasteiger partial charge in [0.25, 0.3) is 0 Å². The summed E-state index contributed by atoms with van der Waals surface area (Å²) in [5.41, 5.74) is 0. The maximum absolute atomic E-state index is 10.1. The Morgan fingerprint density at radius 3 is 2.00 bits per heavy atom. The molecule has 0 atom stereocenters. The number of hydrogen-bond donors (Lipinski definition) is 0. The number of rotatable bonds is 1. The highest BCUT2D eigenvalue weighted by atomic mass is 35.6. The van der Waals surface area contributed by atoms with E-state index < -0.39 is 3.79 Å². The van der Waals surface area contributed by atoms with Crippen LogP contribution in [0.15, 0.2) is 24.5 Å². The molecule has 0 amide bonds. The Labute approximate surface area is 68.5 Å². The van der Waals surface area contributed by atoms with Crippen molar-refractivity contribution >= 4 is 34.8 Å². The zero-order valence-corrected chi connectivity index (χ0v) is 6.67. The summed E-state index contributed by atoms with van der Waals surface area (Å²) in [4.78, 5) is 0. The number of halogens is 3. The van der Waals surface area contributed by atoms with E-state index in [9.17, 15) is 5.11 Å². The van der Waals surface area contributed by atoms with Gasteiger partial charge in [-0.25, -0.2) is 0 Å². The maximum Gasteiger partial charge on any atom is 0.209 e. The van der Waals surface area contributed by atoms with Crippen LogP contribution in [0, 0.1) is 0 Å². The van der Waals surface area contributed by atoms with Crippen molar-refractivity contribution in [1.82, 2.24) is 0 Å². The van der Waals surface area contributed by atoms with Gasteiger partial charge in [0.2, 0.25) is 3.79 Å². The molecule has 0 aliphatic carbocycles. The fraction of sp³-hybridized carbons (Fsp3) is 0.200. The second-order valence-corrected chi connectivity index (χ2v) is 3.71. The van der Waals surface area contributed by atoms with Crippen LogP contribution in [0.3, 0.4) is 0 Å². The van der Waals surface area contributed by atoms with Gasteiger partial charge in [0.1, 0.15) is 0 Å². The SMILES string of the molecule is C=C([O-])C=CC(Cl)(Cl)Cl. The van der Waals surface area contributed by atoms with Crippen molar-refractivity contribution in [3.63, 3.8) is 0 Å². The Balaban J connectivity index is 3.86. The fourth-order valence-corrected chi connectivity index (χ4v) is 0.376. The fourth-order valence-electron chi connectivity index (χ4n) is 0.187. The molecule has 52 valence electrons. The zero-order valence-electron chi connectivity index (χ0n) is 4.40. The van der Waals surface area contributed by atoms with E-state index >= 15 is 0 Å². The number of hydrogen-bond acceptors (Lipinski definition) is 1. The first-order valence-corrected chi connectivity index (χ1v) is 3.17. The molecule has 0 aromatic carbocycles. The molecule has 0 spiro atoms. The Morgan fingerprint density at radius 2 is 1.89 bits per heavy atom. The minimum Gasteiger partial charge on any atom is -0.873 e. The molecule has 1 nitrogen and oxygen atoms in total. The first-order chi connectivity index (χ1) is 3.92. The third kappa shape index (κ3) is 8.15. The van der Waals surface area contributed by atoms with E-state index in [-0.39, 0.29) is 5.76 Å². The van der Waals surface area contributed by atoms with Crippen LogP contribution in [0.4, 0.5) is 0 Å². The van der Waals surface area contributed by atoms with E-state index in [1.165, 1.54) is 0 Å². The van der Waals surface area contributed by atoms with Gasteiger partial charge in [-0.1, -0.05) is 40.9 Å². The topological polar surface area (TPSA) is 23.1 Å². The summed E-state index contributed by atoms with van der Waals surface area (Å²) in [7, 11) is 0. The molecule has 0 bridgehead atoms. The lowest BCUT2D eigenvalue weighted by Gasteiger charge is -2.05. The molecule has 0 N–H and O–H groups in total. The Morgan fingerprint density at radius 1 is 1.44 bits per heavy atom. The molecule has 0 heterocycles. The van der Waals surface area contributed by atoms with Gasteiger partial charge in [0.15, 0.2) is 0 Å². The lowest BCUT2D eigenvalue weighted by molar-refractivity contribution is -0.294. The van der Waals surface area contributed by atoms with Gasteiger partial charge < -0.3 is 5.11 Å². The van der Waals surface area contributed by atoms with E-state index in [0.29, 0.717) is 0 Å². The van der Waals surface area contributed by atoms with Crippen molar-refractivity contribution in [2.75, 3.05) is 0 Å². The molecular weight excluding hydrogens is 182 g/mol. The molecule has 0 aromatic heterocycles. The van der Waals surface area contributed by atoms with Crippen molar-refractivity contribution in [2.45, 2.75) is 3.79 Å². The third-order valence-corrected chi connectivity index (χ3v) is 0.836. The Kier molecular flexibility index (Phi) is 3.41. The molecule has 4 heteroatoms. The summed E-state index contributed by atoms with van der Waals surface area (Å²) in [5.74, 6) is -0.388. The average Bonchev–Trinajstić information content (AvgIpc) is 1.59. The second kappa shape index (κ2) is 3.35. The quantitative estimate of drug-likeness (QED) is 0.348. The number of allylic oxidation sites excluding steroid dienone is 2. The lowest BCUT2D eigenvalue weighted by atomic mass is 10.5. The van der Waals surface area contributed by atoms with Gasteiger partial charge in [-0.15, -0.1) is 12.3 Å². The van der Waals surface area contributed by atoms with Crippen molar-refractivity contribution < 1.29 is 5.11 Å². The summed E-state index contributed by atoms with van der Waals surface area (Å²) < 4.78 is -1.49. The Hall–Kier alpha value is 0.150. The normalized spacial score (nSPS) is 12.3. The standard InChI is InChI=1S/C5H5Cl3O/c1-4(9)2-3-5(6,7)8/h2-3,9H,1H2/p-1. The number of alkyl halides is 3. The molecule has 0 aliphatic rings. The van der Waals surface area contributed by atoms with Crippen molar-refractivity contribution in [3.05, 3.63) is 24.5 Å². The smallest absolute Gasteiger partial charge is 0.209 e. The molecule has 0 unspecified atom stereocenters. The van der Waals surface area contributed by atoms with E-state index in [0.717, 1.165) is 12.2 Å². The monoisotopic (exact) mass is 185 g/mol. The average molecular weight is 186 g/mol. The van der Waals surface area contributed by atoms with E-state index in [2.05, 4.69) is 6.58 Å². The molecule has 0 saturated carbocycles. The summed E-state index contributed by atoms with van der Waals surface area (Å²) in [6.07, 6.45) is 2.25. The van der Waals surface area contributed by atoms with Crippen LogP contribution >= 0.6 is 34.8 Å². The van der Waals surface area contributed by atoms with Crippen LogP contribution in [0.25, 0.3) is 0 Å². The van der Waals surface area contributed by atoms with E-state index in [4.69, 9.17) is 34.8 Å². The van der Waals surface area contributed by atoms with Crippen molar-refractivity contribution in [1.29, 1.82) is 0 Å². The van der Waals surface area contributed by atoms with Crippen LogP contribution in [0.5, 0.6) is 0 Å². The molecule has 0 radical (unpaired) electrons. The zero-order chi connectivity index (χ0) is 7.49. The summed E-state index contributed by atoms with van der Waals surface area (Å²) in [6.45, 7) is 3.04. The first kappa shape index (κ1) is 9.15. The van der Waals surface area contributed by atoms with Gasteiger partial charge in [0, 0.05) is 0 Å². The van der Waals surface area contributed by atoms with Crippen LogP contribution in [-0.2, 0) is 0 Å². The molecule has 0 rings (SSSR count). The van der Waals surface area contributed by atoms with Gasteiger partial charge >= 0.3 is 0 Å². The summed E-state index contributed by atoms with van der Waals surface area (Å²) in [5, 5.41) is 10.1. The van der Waals surface area contributed by atoms with Gasteiger partial charge in [-0.3, -0.25) is 0 Å². The minimum atomic E-state index is -1.49. The van der Waals surface area contributed by atoms with Crippen molar-refractivity contribution in [3.8, 4) is 0 Å². The first-order valence-electron chi connectivity index (χ1n) is 2.04. The van der Waals surface area contributed by atoms with E-state index in [1.807, 2.05) is 0 Å². The van der Waals surface area contributed by atoms with Gasteiger partial charge in [0.05, 0.1) is 0 Å². The summed E-state index contributed by atoms with van der Waals surface area (Å²) in [6, 6.07) is 0. The van der Waals surface area contributed by atoms with E-state index in [1.54, 1.807) is 0 Å². The molecule has 0 aliphatic heterocycles. The largest absolute Gasteiger partial charge is 0.873 e. The molecule has 0 saturated heterocycles. The van der Waals surface area contributed by atoms with Crippen LogP contribution in [0.2, 0.25) is 0 Å². The maximum atomic E-state index is 10.1. The second-order valence-electron chi connectivity index (χ2n) is 1.34. The van der Waals surface area contributed by atoms with Gasteiger partial charge in [-0.05, 0) is 6.08 Å². The highest BCUT2D eigenvalue weighted by Crippen LogP contribution is 2.27. The minimum absolute atomic E-state index is 0.388. The molecule has 0 fully saturated rings. The Bertz CT molecular complexity index is 134. The van der Waals surface area contributed by atoms with Crippen molar-refractivity contribution in [2.24, 2.45) is 0 Å². The van der Waals surface area contributed by atoms with Crippen LogP contribution < -0.4 is 5.11 Å². The third-order valence-electron chi connectivity index (χ3n) is 0.458. The van der Waals surface area contributed by atoms with Crippen LogP contribution in [0.1, 0.15) is 0 Å². The lowest BCUT2D eigenvalue weighted by Crippen LogP contribution is -2.00. The van der Waals surface area contributed by atoms with Gasteiger partial charge in [-0.2, -0.15) is 0 Å². The highest BCUT2D eigenvalue weighted by molar-refractivity contribution is 6.68. The molecule has 0 aromatic rings. The van der Waals surface area contributed by atoms with Crippen LogP contribution in [-0.4, -0.2) is 3.79 Å². The predicted octanol–water partition coefficient (Wildman–Crippen LogP) is 1.79. The summed E-state index contributed by atoms with van der Waals surface area (Å²) >= 11 is 15.7. The molecule has 9 heavy (non-hydrogen) atoms.